The van der Waals surface area contributed by atoms with Gasteiger partial charge in [-0.15, -0.1) is 0 Å². The zero-order chi connectivity index (χ0) is 42.5. The number of anilines is 3. The average Bonchev–Trinajstić information content (AvgIpc) is 3.76. The molecule has 0 fully saturated rings. The molecule has 0 radical (unpaired) electrons. The van der Waals surface area contributed by atoms with Crippen LogP contribution in [0, 0.1) is 17.8 Å². The number of benzene rings is 8. The number of hydrogen-bond acceptors (Lipinski definition) is 2. The van der Waals surface area contributed by atoms with Crippen LogP contribution in [0.1, 0.15) is 24.0 Å². The molecule has 64 heavy (non-hydrogen) atoms. The summed E-state index contributed by atoms with van der Waals surface area (Å²) >= 11 is 0. The van der Waals surface area contributed by atoms with Gasteiger partial charge in [0.2, 0.25) is 0 Å². The van der Waals surface area contributed by atoms with Crippen molar-refractivity contribution in [3.63, 3.8) is 0 Å². The maximum absolute atomic E-state index is 6.88. The van der Waals surface area contributed by atoms with Crippen LogP contribution in [-0.2, 0) is 5.41 Å². The van der Waals surface area contributed by atoms with Crippen LogP contribution in [0.3, 0.4) is 0 Å². The first kappa shape index (κ1) is 37.6. The molecule has 0 bridgehead atoms. The van der Waals surface area contributed by atoms with Crippen LogP contribution in [0.2, 0.25) is 0 Å². The highest BCUT2D eigenvalue weighted by Crippen LogP contribution is 2.64. The van der Waals surface area contributed by atoms with Gasteiger partial charge in [-0.3, -0.25) is 0 Å². The van der Waals surface area contributed by atoms with Crippen molar-refractivity contribution in [1.29, 1.82) is 0 Å². The van der Waals surface area contributed by atoms with E-state index in [-0.39, 0.29) is 5.92 Å². The first-order chi connectivity index (χ1) is 31.8. The summed E-state index contributed by atoms with van der Waals surface area (Å²) in [4.78, 5) is 2.46. The van der Waals surface area contributed by atoms with Crippen molar-refractivity contribution in [3.8, 4) is 56.3 Å². The molecule has 0 spiro atoms. The minimum absolute atomic E-state index is 0.0830. The molecule has 1 aromatic heterocycles. The molecule has 1 heterocycles. The molecule has 0 N–H and O–H groups in total. The van der Waals surface area contributed by atoms with Crippen molar-refractivity contribution in [2.45, 2.75) is 18.3 Å². The number of hydrogen-bond donors (Lipinski definition) is 0. The maximum atomic E-state index is 6.88. The summed E-state index contributed by atoms with van der Waals surface area (Å²) in [5.41, 5.74) is 17.5. The topological polar surface area (TPSA) is 16.4 Å². The fourth-order valence-electron chi connectivity index (χ4n) is 10.6. The maximum Gasteiger partial charge on any atom is 0.143 e. The number of allylic oxidation sites excluding steroid dienone is 8. The number of fused-ring (bicyclic) bond motifs is 6. The molecule has 2 unspecified atom stereocenters. The van der Waals surface area contributed by atoms with E-state index in [9.17, 15) is 0 Å². The summed E-state index contributed by atoms with van der Waals surface area (Å²) in [6.45, 7) is 0. The zero-order valence-electron chi connectivity index (χ0n) is 35.3. The fraction of sp³-hybridized carbons (Fsp3) is 0.0645. The van der Waals surface area contributed by atoms with Gasteiger partial charge < -0.3 is 9.32 Å². The summed E-state index contributed by atoms with van der Waals surface area (Å²) < 4.78 is 6.88. The van der Waals surface area contributed by atoms with Crippen LogP contribution in [0.5, 0.6) is 0 Å². The summed E-state index contributed by atoms with van der Waals surface area (Å²) in [6, 6.07) is 68.2. The molecular weight excluding hydrogens is 775 g/mol. The van der Waals surface area contributed by atoms with Gasteiger partial charge in [-0.25, -0.2) is 0 Å². The quantitative estimate of drug-likeness (QED) is 0.142. The molecular formula is C62H43NO. The van der Waals surface area contributed by atoms with E-state index in [2.05, 4.69) is 247 Å². The first-order valence-electron chi connectivity index (χ1n) is 22.3. The van der Waals surface area contributed by atoms with Gasteiger partial charge in [0.25, 0.3) is 0 Å². The summed E-state index contributed by atoms with van der Waals surface area (Å²) in [5, 5.41) is 2.23. The van der Waals surface area contributed by atoms with Crippen LogP contribution in [0.4, 0.5) is 17.1 Å². The monoisotopic (exact) mass is 817 g/mol. The Morgan fingerprint density at radius 2 is 1.16 bits per heavy atom. The van der Waals surface area contributed by atoms with E-state index in [4.69, 9.17) is 4.42 Å². The second-order valence-corrected chi connectivity index (χ2v) is 16.8. The molecule has 9 aromatic rings. The third-order valence-electron chi connectivity index (χ3n) is 13.4. The molecule has 2 atom stereocenters. The standard InChI is InChI=1S/C62H43NO/c1-2-11-24-47(23-10-1)62(48-25-12-5-13-26-48)56-31-16-14-28-55(56)59-57(42-41-52(60(59)62)54-30-18-29-53-51-27-15-17-32-58(51)64-61(53)54)63(49-37-33-45(34-38-49)43-19-6-3-7-20-43)50-39-35-46(36-40-50)44-21-8-4-9-22-44/h1,3-10,12-23,25,27-42,48H,2,26H2. The summed E-state index contributed by atoms with van der Waals surface area (Å²) in [5.74, 6) is 7.43. The Balaban J connectivity index is 1.18. The van der Waals surface area contributed by atoms with Crippen LogP contribution >= 0.6 is 0 Å². The number of rotatable bonds is 8. The van der Waals surface area contributed by atoms with Gasteiger partial charge in [-0.1, -0.05) is 200 Å². The van der Waals surface area contributed by atoms with Crippen molar-refractivity contribution in [3.05, 3.63) is 247 Å². The van der Waals surface area contributed by atoms with Gasteiger partial charge in [0, 0.05) is 45.3 Å². The van der Waals surface area contributed by atoms with Gasteiger partial charge in [0.1, 0.15) is 11.2 Å². The van der Waals surface area contributed by atoms with E-state index in [0.717, 1.165) is 62.1 Å². The van der Waals surface area contributed by atoms with E-state index in [1.54, 1.807) is 0 Å². The second-order valence-electron chi connectivity index (χ2n) is 16.8. The Bertz CT molecular complexity index is 3340. The number of furan rings is 1. The normalized spacial score (nSPS) is 17.1. The minimum atomic E-state index is -0.631. The lowest BCUT2D eigenvalue weighted by molar-refractivity contribution is 0.460. The smallest absolute Gasteiger partial charge is 0.143 e. The Morgan fingerprint density at radius 1 is 0.516 bits per heavy atom. The molecule has 8 aromatic carbocycles. The highest BCUT2D eigenvalue weighted by atomic mass is 16.3. The number of para-hydroxylation sites is 2. The van der Waals surface area contributed by atoms with Crippen LogP contribution in [0.25, 0.3) is 66.4 Å². The Hall–Kier alpha value is -8.12. The molecule has 2 heteroatoms. The molecule has 3 aliphatic carbocycles. The molecule has 302 valence electrons. The lowest BCUT2D eigenvalue weighted by Crippen LogP contribution is -2.36. The van der Waals surface area contributed by atoms with Crippen LogP contribution < -0.4 is 4.90 Å². The Kier molecular flexibility index (Phi) is 9.20. The lowest BCUT2D eigenvalue weighted by atomic mass is 9.60. The predicted octanol–water partition coefficient (Wildman–Crippen LogP) is 16.3. The zero-order valence-corrected chi connectivity index (χ0v) is 35.3. The Labute approximate surface area is 374 Å². The van der Waals surface area contributed by atoms with Crippen molar-refractivity contribution in [1.82, 2.24) is 0 Å². The van der Waals surface area contributed by atoms with Gasteiger partial charge in [0.15, 0.2) is 0 Å². The van der Waals surface area contributed by atoms with Crippen molar-refractivity contribution in [2.24, 2.45) is 5.92 Å². The molecule has 2 nitrogen and oxygen atoms in total. The van der Waals surface area contributed by atoms with E-state index in [1.807, 2.05) is 0 Å². The summed E-state index contributed by atoms with van der Waals surface area (Å²) in [7, 11) is 0. The SMILES string of the molecule is C1#CC(C2(C3C=CC=CC3)c3ccccc3-c3c(N(c4ccc(-c5ccccc5)cc4)c4ccc(-c5ccccc5)cc4)ccc(-c4cccc5c4oc4ccccc45)c32)=CC=CC1. The van der Waals surface area contributed by atoms with Gasteiger partial charge in [0.05, 0.1) is 11.1 Å². The molecule has 0 aliphatic heterocycles. The van der Waals surface area contributed by atoms with E-state index >= 15 is 0 Å². The van der Waals surface area contributed by atoms with Crippen LogP contribution in [0.15, 0.2) is 241 Å². The fourth-order valence-corrected chi connectivity index (χ4v) is 10.6. The Morgan fingerprint density at radius 3 is 1.88 bits per heavy atom. The molecule has 0 amide bonds. The van der Waals surface area contributed by atoms with Gasteiger partial charge in [-0.05, 0) is 99.3 Å². The predicted molar refractivity (Wildman–Crippen MR) is 267 cm³/mol. The van der Waals surface area contributed by atoms with E-state index in [0.29, 0.717) is 6.42 Å². The molecule has 12 rings (SSSR count). The minimum Gasteiger partial charge on any atom is -0.455 e. The van der Waals surface area contributed by atoms with Crippen molar-refractivity contribution >= 4 is 39.0 Å². The average molecular weight is 818 g/mol. The number of nitrogens with zero attached hydrogens (tertiary/aromatic N) is 1. The van der Waals surface area contributed by atoms with Crippen molar-refractivity contribution in [2.75, 3.05) is 4.90 Å². The highest BCUT2D eigenvalue weighted by molar-refractivity contribution is 6.11. The first-order valence-corrected chi connectivity index (χ1v) is 22.3. The lowest BCUT2D eigenvalue weighted by Gasteiger charge is -2.41. The highest BCUT2D eigenvalue weighted by Gasteiger charge is 2.53. The van der Waals surface area contributed by atoms with Crippen LogP contribution in [-0.4, -0.2) is 0 Å². The van der Waals surface area contributed by atoms with E-state index < -0.39 is 5.41 Å². The molecule has 0 saturated carbocycles. The van der Waals surface area contributed by atoms with Gasteiger partial charge in [-0.2, -0.15) is 0 Å². The third kappa shape index (κ3) is 6.04. The molecule has 0 saturated heterocycles. The molecule has 3 aliphatic rings. The van der Waals surface area contributed by atoms with Gasteiger partial charge >= 0.3 is 0 Å². The van der Waals surface area contributed by atoms with Crippen molar-refractivity contribution < 1.29 is 4.42 Å². The van der Waals surface area contributed by atoms with E-state index in [1.165, 1.54) is 44.5 Å². The second kappa shape index (κ2) is 15.7. The third-order valence-corrected chi connectivity index (χ3v) is 13.4. The summed E-state index contributed by atoms with van der Waals surface area (Å²) in [6.07, 6.45) is 17.4. The largest absolute Gasteiger partial charge is 0.455 e.